The Morgan fingerprint density at radius 1 is 1.32 bits per heavy atom. The van der Waals surface area contributed by atoms with E-state index in [4.69, 9.17) is 5.73 Å². The SMILES string of the molecule is Cc1ccc(Nc2cc(=O)n3c(c2C(N)=O)CCC3)c(F)c1. The van der Waals surface area contributed by atoms with Gasteiger partial charge >= 0.3 is 0 Å². The van der Waals surface area contributed by atoms with Crippen molar-refractivity contribution in [2.75, 3.05) is 5.32 Å². The number of hydrogen-bond acceptors (Lipinski definition) is 3. The van der Waals surface area contributed by atoms with Crippen molar-refractivity contribution in [3.8, 4) is 0 Å². The van der Waals surface area contributed by atoms with E-state index < -0.39 is 11.7 Å². The highest BCUT2D eigenvalue weighted by Gasteiger charge is 2.23. The first-order valence-corrected chi connectivity index (χ1v) is 7.07. The fourth-order valence-electron chi connectivity index (χ4n) is 2.85. The van der Waals surface area contributed by atoms with Crippen LogP contribution >= 0.6 is 0 Å². The summed E-state index contributed by atoms with van der Waals surface area (Å²) < 4.78 is 15.5. The van der Waals surface area contributed by atoms with Crippen molar-refractivity contribution in [2.45, 2.75) is 26.3 Å². The molecule has 1 amide bonds. The highest BCUT2D eigenvalue weighted by Crippen LogP contribution is 2.27. The van der Waals surface area contributed by atoms with Gasteiger partial charge in [0.25, 0.3) is 11.5 Å². The first-order chi connectivity index (χ1) is 10.5. The van der Waals surface area contributed by atoms with Gasteiger partial charge in [-0.2, -0.15) is 0 Å². The molecule has 2 aromatic rings. The summed E-state index contributed by atoms with van der Waals surface area (Å²) in [7, 11) is 0. The van der Waals surface area contributed by atoms with Crippen LogP contribution in [0.1, 0.15) is 28.0 Å². The summed E-state index contributed by atoms with van der Waals surface area (Å²) in [4.78, 5) is 23.9. The molecule has 1 aliphatic heterocycles. The molecule has 114 valence electrons. The number of halogens is 1. The van der Waals surface area contributed by atoms with Gasteiger partial charge in [-0.25, -0.2) is 4.39 Å². The third-order valence-corrected chi connectivity index (χ3v) is 3.85. The average molecular weight is 301 g/mol. The minimum atomic E-state index is -0.624. The van der Waals surface area contributed by atoms with Gasteiger partial charge < -0.3 is 15.6 Å². The van der Waals surface area contributed by atoms with Crippen molar-refractivity contribution in [1.82, 2.24) is 4.57 Å². The molecule has 0 atom stereocenters. The second-order valence-corrected chi connectivity index (χ2v) is 5.45. The predicted molar refractivity (Wildman–Crippen MR) is 82.0 cm³/mol. The molecule has 0 bridgehead atoms. The molecule has 1 aromatic heterocycles. The van der Waals surface area contributed by atoms with E-state index in [0.717, 1.165) is 12.0 Å². The summed E-state index contributed by atoms with van der Waals surface area (Å²) in [5, 5.41) is 2.83. The highest BCUT2D eigenvalue weighted by atomic mass is 19.1. The Kier molecular flexibility index (Phi) is 3.44. The lowest BCUT2D eigenvalue weighted by atomic mass is 10.1. The molecular formula is C16H16FN3O2. The number of hydrogen-bond donors (Lipinski definition) is 2. The third-order valence-electron chi connectivity index (χ3n) is 3.85. The van der Waals surface area contributed by atoms with Crippen LogP contribution in [-0.4, -0.2) is 10.5 Å². The normalized spacial score (nSPS) is 13.0. The molecule has 1 aromatic carbocycles. The molecule has 0 radical (unpaired) electrons. The van der Waals surface area contributed by atoms with Crippen LogP contribution in [-0.2, 0) is 13.0 Å². The van der Waals surface area contributed by atoms with Crippen LogP contribution < -0.4 is 16.6 Å². The maximum Gasteiger partial charge on any atom is 0.252 e. The Hall–Kier alpha value is -2.63. The number of pyridine rings is 1. The maximum atomic E-state index is 14.0. The number of aryl methyl sites for hydroxylation is 1. The van der Waals surface area contributed by atoms with Crippen molar-refractivity contribution in [3.63, 3.8) is 0 Å². The van der Waals surface area contributed by atoms with Crippen molar-refractivity contribution in [3.05, 3.63) is 57.3 Å². The van der Waals surface area contributed by atoms with Crippen LogP contribution in [0.3, 0.4) is 0 Å². The van der Waals surface area contributed by atoms with Crippen LogP contribution in [0.25, 0.3) is 0 Å². The van der Waals surface area contributed by atoms with Crippen molar-refractivity contribution < 1.29 is 9.18 Å². The summed E-state index contributed by atoms with van der Waals surface area (Å²) in [5.74, 6) is -1.07. The van der Waals surface area contributed by atoms with Gasteiger partial charge in [0.1, 0.15) is 5.82 Å². The van der Waals surface area contributed by atoms with Gasteiger partial charge in [0.15, 0.2) is 0 Å². The maximum absolute atomic E-state index is 14.0. The molecule has 0 aliphatic carbocycles. The molecule has 2 heterocycles. The lowest BCUT2D eigenvalue weighted by molar-refractivity contribution is 0.0999. The van der Waals surface area contributed by atoms with Gasteiger partial charge in [0, 0.05) is 18.3 Å². The van der Waals surface area contributed by atoms with Gasteiger partial charge in [-0.05, 0) is 37.5 Å². The summed E-state index contributed by atoms with van der Waals surface area (Å²) in [6, 6.07) is 6.00. The van der Waals surface area contributed by atoms with Crippen LogP contribution in [0.5, 0.6) is 0 Å². The third kappa shape index (κ3) is 2.36. The molecule has 3 N–H and O–H groups in total. The number of benzene rings is 1. The smallest absolute Gasteiger partial charge is 0.252 e. The van der Waals surface area contributed by atoms with Crippen molar-refractivity contribution in [2.24, 2.45) is 5.73 Å². The summed E-state index contributed by atoms with van der Waals surface area (Å²) in [6.45, 7) is 2.36. The number of nitrogens with one attached hydrogen (secondary N) is 1. The Labute approximate surface area is 126 Å². The first kappa shape index (κ1) is 14.3. The van der Waals surface area contributed by atoms with E-state index >= 15 is 0 Å². The highest BCUT2D eigenvalue weighted by molar-refractivity contribution is 6.00. The van der Waals surface area contributed by atoms with E-state index in [0.29, 0.717) is 18.7 Å². The topological polar surface area (TPSA) is 77.1 Å². The molecule has 0 saturated carbocycles. The molecule has 0 unspecified atom stereocenters. The van der Waals surface area contributed by atoms with Crippen LogP contribution in [0.2, 0.25) is 0 Å². The lowest BCUT2D eigenvalue weighted by Gasteiger charge is -2.15. The fourth-order valence-corrected chi connectivity index (χ4v) is 2.85. The zero-order chi connectivity index (χ0) is 15.9. The molecule has 22 heavy (non-hydrogen) atoms. The molecular weight excluding hydrogens is 285 g/mol. The molecule has 5 nitrogen and oxygen atoms in total. The van der Waals surface area contributed by atoms with Crippen LogP contribution in [0.15, 0.2) is 29.1 Å². The molecule has 0 saturated heterocycles. The number of primary amides is 1. The van der Waals surface area contributed by atoms with Gasteiger partial charge in [0.2, 0.25) is 0 Å². The summed E-state index contributed by atoms with van der Waals surface area (Å²) in [6.07, 6.45) is 1.40. The second kappa shape index (κ2) is 5.29. The summed E-state index contributed by atoms with van der Waals surface area (Å²) >= 11 is 0. The lowest BCUT2D eigenvalue weighted by Crippen LogP contribution is -2.25. The Morgan fingerprint density at radius 3 is 2.77 bits per heavy atom. The molecule has 0 spiro atoms. The van der Waals surface area contributed by atoms with Gasteiger partial charge in [-0.1, -0.05) is 6.07 Å². The van der Waals surface area contributed by atoms with Gasteiger partial charge in [-0.15, -0.1) is 0 Å². The largest absolute Gasteiger partial charge is 0.365 e. The number of amides is 1. The molecule has 3 rings (SSSR count). The van der Waals surface area contributed by atoms with Crippen LogP contribution in [0, 0.1) is 12.7 Å². The Bertz CT molecular complexity index is 827. The van der Waals surface area contributed by atoms with Crippen LogP contribution in [0.4, 0.5) is 15.8 Å². The van der Waals surface area contributed by atoms with E-state index in [-0.39, 0.29) is 22.5 Å². The molecule has 1 aliphatic rings. The Balaban J connectivity index is 2.13. The van der Waals surface area contributed by atoms with Gasteiger partial charge in [-0.3, -0.25) is 9.59 Å². The average Bonchev–Trinajstić information content (AvgIpc) is 2.91. The van der Waals surface area contributed by atoms with Gasteiger partial charge in [0.05, 0.1) is 16.9 Å². The number of fused-ring (bicyclic) bond motifs is 1. The molecule has 0 fully saturated rings. The number of anilines is 2. The van der Waals surface area contributed by atoms with E-state index in [1.807, 2.05) is 0 Å². The van der Waals surface area contributed by atoms with Crippen molar-refractivity contribution in [1.29, 1.82) is 0 Å². The number of nitrogens with zero attached hydrogens (tertiary/aromatic N) is 1. The number of carbonyl (C=O) groups excluding carboxylic acids is 1. The van der Waals surface area contributed by atoms with Crippen molar-refractivity contribution >= 4 is 17.3 Å². The molecule has 6 heteroatoms. The predicted octanol–water partition coefficient (Wildman–Crippen LogP) is 2.08. The number of rotatable bonds is 3. The summed E-state index contributed by atoms with van der Waals surface area (Å²) in [5.41, 5.74) is 7.38. The van der Waals surface area contributed by atoms with E-state index in [1.165, 1.54) is 12.1 Å². The number of nitrogens with two attached hydrogens (primary N) is 1. The Morgan fingerprint density at radius 2 is 2.09 bits per heavy atom. The second-order valence-electron chi connectivity index (χ2n) is 5.45. The quantitative estimate of drug-likeness (QED) is 0.911. The monoisotopic (exact) mass is 301 g/mol. The van der Waals surface area contributed by atoms with E-state index in [2.05, 4.69) is 5.32 Å². The standard InChI is InChI=1S/C16H16FN3O2/c1-9-4-5-11(10(17)7-9)19-12-8-14(21)20-6-2-3-13(20)15(12)16(18)22/h4-5,7-8,19H,2-3,6H2,1H3,(H2,18,22). The van der Waals surface area contributed by atoms with E-state index in [1.54, 1.807) is 23.6 Å². The minimum absolute atomic E-state index is 0.204. The number of aromatic nitrogens is 1. The zero-order valence-electron chi connectivity index (χ0n) is 12.1. The zero-order valence-corrected chi connectivity index (χ0v) is 12.1. The first-order valence-electron chi connectivity index (χ1n) is 7.07. The fraction of sp³-hybridized carbons (Fsp3) is 0.250. The van der Waals surface area contributed by atoms with E-state index in [9.17, 15) is 14.0 Å². The minimum Gasteiger partial charge on any atom is -0.365 e. The number of carbonyl (C=O) groups is 1.